The van der Waals surface area contributed by atoms with Gasteiger partial charge in [0.2, 0.25) is 0 Å². The molecule has 2 heteroatoms. The summed E-state index contributed by atoms with van der Waals surface area (Å²) in [5.74, 6) is 0. The molecule has 0 aliphatic carbocycles. The maximum absolute atomic E-state index is 2.48. The second-order valence-corrected chi connectivity index (χ2v) is 17.2. The zero-order valence-corrected chi connectivity index (χ0v) is 36.1. The molecule has 0 aliphatic heterocycles. The summed E-state index contributed by atoms with van der Waals surface area (Å²) in [6, 6.07) is 93.3. The molecule has 66 heavy (non-hydrogen) atoms. The molecule has 13 rings (SSSR count). The summed E-state index contributed by atoms with van der Waals surface area (Å²) in [5.41, 5.74) is 14.1. The van der Waals surface area contributed by atoms with Crippen LogP contribution in [-0.2, 0) is 0 Å². The predicted octanol–water partition coefficient (Wildman–Crippen LogP) is 17.9. The molecule has 0 aliphatic rings. The fraction of sp³-hybridized carbons (Fsp3) is 0. The Morgan fingerprint density at radius 2 is 0.788 bits per heavy atom. The highest BCUT2D eigenvalue weighted by Gasteiger charge is 2.24. The maximum atomic E-state index is 2.48. The first kappa shape index (κ1) is 37.8. The highest BCUT2D eigenvalue weighted by atomic mass is 15.2. The van der Waals surface area contributed by atoms with E-state index in [9.17, 15) is 0 Å². The summed E-state index contributed by atoms with van der Waals surface area (Å²) < 4.78 is 2.44. The van der Waals surface area contributed by atoms with Crippen LogP contribution in [0.5, 0.6) is 0 Å². The first-order valence-electron chi connectivity index (χ1n) is 22.8. The zero-order valence-electron chi connectivity index (χ0n) is 36.1. The fourth-order valence-corrected chi connectivity index (χ4v) is 10.6. The summed E-state index contributed by atoms with van der Waals surface area (Å²) >= 11 is 0. The maximum Gasteiger partial charge on any atom is 0.0782 e. The van der Waals surface area contributed by atoms with Crippen molar-refractivity contribution in [3.63, 3.8) is 0 Å². The van der Waals surface area contributed by atoms with E-state index in [4.69, 9.17) is 0 Å². The van der Waals surface area contributed by atoms with Gasteiger partial charge in [0.15, 0.2) is 0 Å². The molecule has 0 spiro atoms. The SMILES string of the molecule is c1ccc(-c2c(-c3ccccc3)c3cc(-c4ccc(N(c5cccc6c5ccc5ccccc56)c5cccc6c7ccccc7n(-c7ccccc7)c56)cc4)ccc3c3ccccc23)cc1. The van der Waals surface area contributed by atoms with Crippen LogP contribution in [0.1, 0.15) is 0 Å². The van der Waals surface area contributed by atoms with Gasteiger partial charge in [-0.15, -0.1) is 0 Å². The summed E-state index contributed by atoms with van der Waals surface area (Å²) in [6.45, 7) is 0. The summed E-state index contributed by atoms with van der Waals surface area (Å²) in [5, 5.41) is 12.4. The standard InChI is InChI=1S/C64H42N2/c1-4-19-45(20-5-1)62-56-28-13-12-26-52(56)53-40-37-47(42-58(53)63(62)46-21-6-2-7-22-46)43-34-38-49(39-35-43)65(59-32-16-29-51-50-25-11-10-18-44(50)36-41-55(51)59)61-33-17-30-57-54-27-14-15-31-60(54)66(64(57)61)48-23-8-3-9-24-48/h1-42H. The number of fused-ring (bicyclic) bond motifs is 9. The molecule has 1 heterocycles. The molecule has 0 amide bonds. The van der Waals surface area contributed by atoms with Crippen molar-refractivity contribution in [3.05, 3.63) is 255 Å². The minimum atomic E-state index is 1.08. The lowest BCUT2D eigenvalue weighted by Crippen LogP contribution is -2.12. The Hall–Kier alpha value is -8.72. The molecule has 1 aromatic heterocycles. The molecule has 0 saturated carbocycles. The topological polar surface area (TPSA) is 8.17 Å². The van der Waals surface area contributed by atoms with Gasteiger partial charge < -0.3 is 9.47 Å². The molecule has 0 saturated heterocycles. The van der Waals surface area contributed by atoms with Crippen molar-refractivity contribution >= 4 is 82.0 Å². The van der Waals surface area contributed by atoms with Crippen LogP contribution >= 0.6 is 0 Å². The first-order valence-corrected chi connectivity index (χ1v) is 22.8. The van der Waals surface area contributed by atoms with Crippen molar-refractivity contribution in [1.82, 2.24) is 4.57 Å². The van der Waals surface area contributed by atoms with Crippen LogP contribution in [0.15, 0.2) is 255 Å². The lowest BCUT2D eigenvalue weighted by atomic mass is 9.84. The average molecular weight is 839 g/mol. The minimum absolute atomic E-state index is 1.08. The number of aromatic nitrogens is 1. The molecule has 2 nitrogen and oxygen atoms in total. The lowest BCUT2D eigenvalue weighted by molar-refractivity contribution is 1.17. The largest absolute Gasteiger partial charge is 0.308 e. The molecule has 0 N–H and O–H groups in total. The number of benzene rings is 12. The van der Waals surface area contributed by atoms with E-state index >= 15 is 0 Å². The van der Waals surface area contributed by atoms with E-state index < -0.39 is 0 Å². The van der Waals surface area contributed by atoms with Crippen molar-refractivity contribution in [2.24, 2.45) is 0 Å². The molecule has 13 aromatic rings. The third kappa shape index (κ3) is 6.04. The third-order valence-corrected chi connectivity index (χ3v) is 13.5. The smallest absolute Gasteiger partial charge is 0.0782 e. The molecule has 308 valence electrons. The molecule has 0 bridgehead atoms. The van der Waals surface area contributed by atoms with Crippen LogP contribution in [0.4, 0.5) is 17.1 Å². The van der Waals surface area contributed by atoms with Gasteiger partial charge in [-0.25, -0.2) is 0 Å². The van der Waals surface area contributed by atoms with Crippen molar-refractivity contribution in [3.8, 4) is 39.1 Å². The Bertz CT molecular complexity index is 3960. The number of anilines is 3. The highest BCUT2D eigenvalue weighted by Crippen LogP contribution is 2.48. The Labute approximate surface area is 383 Å². The molecule has 0 fully saturated rings. The fourth-order valence-electron chi connectivity index (χ4n) is 10.6. The zero-order chi connectivity index (χ0) is 43.6. The summed E-state index contributed by atoms with van der Waals surface area (Å²) in [7, 11) is 0. The predicted molar refractivity (Wildman–Crippen MR) is 282 cm³/mol. The van der Waals surface area contributed by atoms with Gasteiger partial charge in [0.1, 0.15) is 0 Å². The van der Waals surface area contributed by atoms with Gasteiger partial charge in [0.25, 0.3) is 0 Å². The van der Waals surface area contributed by atoms with Gasteiger partial charge in [0.05, 0.1) is 22.4 Å². The van der Waals surface area contributed by atoms with E-state index in [0.717, 1.165) is 33.8 Å². The van der Waals surface area contributed by atoms with Gasteiger partial charge >= 0.3 is 0 Å². The van der Waals surface area contributed by atoms with Crippen LogP contribution in [-0.4, -0.2) is 4.57 Å². The molecular formula is C64H42N2. The van der Waals surface area contributed by atoms with E-state index in [1.807, 2.05) is 0 Å². The highest BCUT2D eigenvalue weighted by molar-refractivity contribution is 6.22. The van der Waals surface area contributed by atoms with E-state index in [0.29, 0.717) is 0 Å². The van der Waals surface area contributed by atoms with Crippen molar-refractivity contribution in [2.75, 3.05) is 4.90 Å². The number of para-hydroxylation sites is 3. The lowest BCUT2D eigenvalue weighted by Gasteiger charge is -2.28. The Morgan fingerprint density at radius 3 is 1.53 bits per heavy atom. The Morgan fingerprint density at radius 1 is 0.273 bits per heavy atom. The molecule has 12 aromatic carbocycles. The van der Waals surface area contributed by atoms with Crippen molar-refractivity contribution in [2.45, 2.75) is 0 Å². The van der Waals surface area contributed by atoms with Crippen molar-refractivity contribution in [1.29, 1.82) is 0 Å². The summed E-state index contributed by atoms with van der Waals surface area (Å²) in [6.07, 6.45) is 0. The monoisotopic (exact) mass is 838 g/mol. The average Bonchev–Trinajstić information content (AvgIpc) is 3.74. The van der Waals surface area contributed by atoms with Crippen LogP contribution in [0.2, 0.25) is 0 Å². The quantitative estimate of drug-likeness (QED) is 0.145. The molecule has 0 atom stereocenters. The number of hydrogen-bond donors (Lipinski definition) is 0. The second-order valence-electron chi connectivity index (χ2n) is 17.2. The van der Waals surface area contributed by atoms with Gasteiger partial charge in [-0.1, -0.05) is 206 Å². The van der Waals surface area contributed by atoms with E-state index in [-0.39, 0.29) is 0 Å². The second kappa shape index (κ2) is 15.5. The van der Waals surface area contributed by atoms with Crippen LogP contribution in [0.3, 0.4) is 0 Å². The van der Waals surface area contributed by atoms with Crippen molar-refractivity contribution < 1.29 is 0 Å². The summed E-state index contributed by atoms with van der Waals surface area (Å²) in [4.78, 5) is 2.48. The Kier molecular flexibility index (Phi) is 8.89. The minimum Gasteiger partial charge on any atom is -0.308 e. The van der Waals surface area contributed by atoms with Crippen LogP contribution in [0, 0.1) is 0 Å². The van der Waals surface area contributed by atoms with Gasteiger partial charge in [-0.05, 0) is 120 Å². The van der Waals surface area contributed by atoms with Gasteiger partial charge in [-0.2, -0.15) is 0 Å². The number of hydrogen-bond acceptors (Lipinski definition) is 1. The van der Waals surface area contributed by atoms with Crippen LogP contribution < -0.4 is 4.90 Å². The van der Waals surface area contributed by atoms with E-state index in [1.54, 1.807) is 0 Å². The Balaban J connectivity index is 1.04. The van der Waals surface area contributed by atoms with Gasteiger partial charge in [-0.3, -0.25) is 0 Å². The van der Waals surface area contributed by atoms with E-state index in [1.165, 1.54) is 87.2 Å². The third-order valence-electron chi connectivity index (χ3n) is 13.5. The number of rotatable bonds is 7. The van der Waals surface area contributed by atoms with Crippen LogP contribution in [0.25, 0.3) is 104 Å². The van der Waals surface area contributed by atoms with Gasteiger partial charge in [0, 0.05) is 27.5 Å². The molecular weight excluding hydrogens is 797 g/mol. The van der Waals surface area contributed by atoms with E-state index in [2.05, 4.69) is 264 Å². The molecule has 0 radical (unpaired) electrons. The first-order chi connectivity index (χ1) is 32.8. The normalized spacial score (nSPS) is 11.6. The molecule has 0 unspecified atom stereocenters. The number of nitrogens with zero attached hydrogens (tertiary/aromatic N) is 2.